The molecular weight excluding hydrogens is 314 g/mol. The molecule has 130 valence electrons. The summed E-state index contributed by atoms with van der Waals surface area (Å²) in [6.45, 7) is 0.742. The van der Waals surface area contributed by atoms with Gasteiger partial charge in [0.25, 0.3) is 0 Å². The first-order chi connectivity index (χ1) is 12.2. The molecule has 0 spiro atoms. The summed E-state index contributed by atoms with van der Waals surface area (Å²) in [5, 5.41) is 0. The van der Waals surface area contributed by atoms with Crippen LogP contribution in [0.5, 0.6) is 5.75 Å². The van der Waals surface area contributed by atoms with E-state index in [1.165, 1.54) is 0 Å². The van der Waals surface area contributed by atoms with Crippen molar-refractivity contribution in [2.45, 2.75) is 31.7 Å². The molecule has 1 aliphatic rings. The number of methoxy groups -OCH3 is 1. The standard InChI is InChI=1S/C21H23NO3/c1-25-19-11-9-17(10-12-19)20(23)15-18-8-5-13-22(18)21(24)14-16-6-3-2-4-7-16/h2-4,6-7,9-12,18H,5,8,13-15H2,1H3/t18-/m0/s1. The van der Waals surface area contributed by atoms with E-state index in [0.29, 0.717) is 18.4 Å². The Hall–Kier alpha value is -2.62. The van der Waals surface area contributed by atoms with E-state index in [9.17, 15) is 9.59 Å². The van der Waals surface area contributed by atoms with E-state index < -0.39 is 0 Å². The molecule has 0 aromatic heterocycles. The van der Waals surface area contributed by atoms with Gasteiger partial charge in [0.15, 0.2) is 5.78 Å². The number of rotatable bonds is 6. The van der Waals surface area contributed by atoms with Gasteiger partial charge in [0.1, 0.15) is 5.75 Å². The lowest BCUT2D eigenvalue weighted by atomic mass is 10.0. The van der Waals surface area contributed by atoms with Gasteiger partial charge in [0.2, 0.25) is 5.91 Å². The van der Waals surface area contributed by atoms with Crippen molar-refractivity contribution in [3.05, 3.63) is 65.7 Å². The van der Waals surface area contributed by atoms with Gasteiger partial charge in [-0.05, 0) is 42.7 Å². The molecule has 1 saturated heterocycles. The van der Waals surface area contributed by atoms with Crippen LogP contribution in [0.4, 0.5) is 0 Å². The fourth-order valence-electron chi connectivity index (χ4n) is 3.36. The molecule has 4 nitrogen and oxygen atoms in total. The summed E-state index contributed by atoms with van der Waals surface area (Å²) in [6.07, 6.45) is 2.63. The third-order valence-corrected chi connectivity index (χ3v) is 4.73. The van der Waals surface area contributed by atoms with Crippen LogP contribution in [0.15, 0.2) is 54.6 Å². The SMILES string of the molecule is COc1ccc(C(=O)C[C@@H]2CCCN2C(=O)Cc2ccccc2)cc1. The average Bonchev–Trinajstić information content (AvgIpc) is 3.11. The summed E-state index contributed by atoms with van der Waals surface area (Å²) in [6, 6.07) is 16.9. The number of hydrogen-bond donors (Lipinski definition) is 0. The number of likely N-dealkylation sites (tertiary alicyclic amines) is 1. The van der Waals surface area contributed by atoms with E-state index in [4.69, 9.17) is 4.74 Å². The number of carbonyl (C=O) groups excluding carboxylic acids is 2. The normalized spacial score (nSPS) is 16.7. The largest absolute Gasteiger partial charge is 0.497 e. The number of hydrogen-bond acceptors (Lipinski definition) is 3. The van der Waals surface area contributed by atoms with Crippen LogP contribution in [-0.4, -0.2) is 36.3 Å². The number of nitrogens with zero attached hydrogens (tertiary/aromatic N) is 1. The molecule has 4 heteroatoms. The van der Waals surface area contributed by atoms with Gasteiger partial charge in [-0.25, -0.2) is 0 Å². The molecule has 0 aliphatic carbocycles. The lowest BCUT2D eigenvalue weighted by molar-refractivity contribution is -0.131. The molecule has 25 heavy (non-hydrogen) atoms. The minimum absolute atomic E-state index is 0.00538. The highest BCUT2D eigenvalue weighted by molar-refractivity contribution is 5.97. The highest BCUT2D eigenvalue weighted by Crippen LogP contribution is 2.23. The summed E-state index contributed by atoms with van der Waals surface area (Å²) < 4.78 is 5.12. The average molecular weight is 337 g/mol. The maximum Gasteiger partial charge on any atom is 0.227 e. The highest BCUT2D eigenvalue weighted by Gasteiger charge is 2.30. The van der Waals surface area contributed by atoms with Crippen LogP contribution in [0.25, 0.3) is 0 Å². The predicted molar refractivity (Wildman–Crippen MR) is 96.8 cm³/mol. The van der Waals surface area contributed by atoms with E-state index in [1.54, 1.807) is 31.4 Å². The number of Topliss-reactive ketones (excluding diaryl/α,β-unsaturated/α-hetero) is 1. The van der Waals surface area contributed by atoms with Crippen molar-refractivity contribution >= 4 is 11.7 Å². The first kappa shape index (κ1) is 17.2. The van der Waals surface area contributed by atoms with E-state index in [0.717, 1.165) is 30.7 Å². The van der Waals surface area contributed by atoms with Crippen LogP contribution >= 0.6 is 0 Å². The fraction of sp³-hybridized carbons (Fsp3) is 0.333. The van der Waals surface area contributed by atoms with Crippen LogP contribution in [0, 0.1) is 0 Å². The van der Waals surface area contributed by atoms with Crippen LogP contribution < -0.4 is 4.74 Å². The zero-order valence-electron chi connectivity index (χ0n) is 14.5. The molecule has 2 aromatic carbocycles. The van der Waals surface area contributed by atoms with Crippen molar-refractivity contribution in [3.8, 4) is 5.75 Å². The van der Waals surface area contributed by atoms with Gasteiger partial charge >= 0.3 is 0 Å². The Morgan fingerprint density at radius 2 is 1.80 bits per heavy atom. The summed E-state index contributed by atoms with van der Waals surface area (Å²) in [5.41, 5.74) is 1.68. The summed E-state index contributed by atoms with van der Waals surface area (Å²) in [4.78, 5) is 27.1. The second kappa shape index (κ2) is 7.97. The van der Waals surface area contributed by atoms with Gasteiger partial charge in [-0.2, -0.15) is 0 Å². The first-order valence-corrected chi connectivity index (χ1v) is 8.68. The maximum absolute atomic E-state index is 12.6. The molecule has 0 bridgehead atoms. The Bertz CT molecular complexity index is 725. The lowest BCUT2D eigenvalue weighted by Crippen LogP contribution is -2.37. The Kier molecular flexibility index (Phi) is 5.49. The molecule has 1 aliphatic heterocycles. The molecule has 1 atom stereocenters. The Labute approximate surface area is 148 Å². The van der Waals surface area contributed by atoms with Gasteiger partial charge in [0, 0.05) is 24.6 Å². The van der Waals surface area contributed by atoms with Gasteiger partial charge in [-0.1, -0.05) is 30.3 Å². The van der Waals surface area contributed by atoms with Gasteiger partial charge in [-0.3, -0.25) is 9.59 Å². The van der Waals surface area contributed by atoms with Crippen molar-refractivity contribution in [3.63, 3.8) is 0 Å². The van der Waals surface area contributed by atoms with Gasteiger partial charge in [-0.15, -0.1) is 0 Å². The van der Waals surface area contributed by atoms with Crippen molar-refractivity contribution in [1.29, 1.82) is 0 Å². The Balaban J connectivity index is 1.62. The van der Waals surface area contributed by atoms with Gasteiger partial charge < -0.3 is 9.64 Å². The molecular formula is C21H23NO3. The summed E-state index contributed by atoms with van der Waals surface area (Å²) >= 11 is 0. The Morgan fingerprint density at radius 3 is 2.48 bits per heavy atom. The first-order valence-electron chi connectivity index (χ1n) is 8.68. The molecule has 0 N–H and O–H groups in total. The molecule has 1 amide bonds. The van der Waals surface area contributed by atoms with E-state index in [-0.39, 0.29) is 17.7 Å². The van der Waals surface area contributed by atoms with Crippen LogP contribution in [0.1, 0.15) is 35.2 Å². The monoisotopic (exact) mass is 337 g/mol. The minimum Gasteiger partial charge on any atom is -0.497 e. The number of ether oxygens (including phenoxy) is 1. The molecule has 3 rings (SSSR count). The topological polar surface area (TPSA) is 46.6 Å². The third-order valence-electron chi connectivity index (χ3n) is 4.73. The smallest absolute Gasteiger partial charge is 0.227 e. The van der Waals surface area contributed by atoms with Gasteiger partial charge in [0.05, 0.1) is 13.5 Å². The van der Waals surface area contributed by atoms with Crippen molar-refractivity contribution in [2.24, 2.45) is 0 Å². The molecule has 0 radical (unpaired) electrons. The van der Waals surface area contributed by atoms with E-state index >= 15 is 0 Å². The third kappa shape index (κ3) is 4.27. The minimum atomic E-state index is 0.00538. The number of carbonyl (C=O) groups is 2. The second-order valence-corrected chi connectivity index (χ2v) is 6.40. The zero-order chi connectivity index (χ0) is 17.6. The Morgan fingerprint density at radius 1 is 1.08 bits per heavy atom. The number of benzene rings is 2. The molecule has 0 saturated carbocycles. The fourth-order valence-corrected chi connectivity index (χ4v) is 3.36. The predicted octanol–water partition coefficient (Wildman–Crippen LogP) is 3.50. The van der Waals surface area contributed by atoms with Crippen molar-refractivity contribution < 1.29 is 14.3 Å². The number of ketones is 1. The van der Waals surface area contributed by atoms with Crippen molar-refractivity contribution in [1.82, 2.24) is 4.90 Å². The van der Waals surface area contributed by atoms with E-state index in [1.807, 2.05) is 35.2 Å². The highest BCUT2D eigenvalue weighted by atomic mass is 16.5. The van der Waals surface area contributed by atoms with Crippen LogP contribution in [0.3, 0.4) is 0 Å². The maximum atomic E-state index is 12.6. The van der Waals surface area contributed by atoms with Crippen molar-refractivity contribution in [2.75, 3.05) is 13.7 Å². The molecule has 1 heterocycles. The van der Waals surface area contributed by atoms with Crippen LogP contribution in [-0.2, 0) is 11.2 Å². The molecule has 0 unspecified atom stereocenters. The number of amides is 1. The lowest BCUT2D eigenvalue weighted by Gasteiger charge is -2.24. The van der Waals surface area contributed by atoms with Crippen LogP contribution in [0.2, 0.25) is 0 Å². The molecule has 1 fully saturated rings. The summed E-state index contributed by atoms with van der Waals surface area (Å²) in [5.74, 6) is 0.917. The second-order valence-electron chi connectivity index (χ2n) is 6.40. The molecule has 2 aromatic rings. The van der Waals surface area contributed by atoms with E-state index in [2.05, 4.69) is 0 Å². The zero-order valence-corrected chi connectivity index (χ0v) is 14.5. The summed E-state index contributed by atoms with van der Waals surface area (Å²) in [7, 11) is 1.60. The quantitative estimate of drug-likeness (QED) is 0.758.